The molecule has 2 aromatic carbocycles. The summed E-state index contributed by atoms with van der Waals surface area (Å²) in [4.78, 5) is 15.7. The predicted molar refractivity (Wildman–Crippen MR) is 95.8 cm³/mol. The van der Waals surface area contributed by atoms with Gasteiger partial charge in [-0.15, -0.1) is 0 Å². The molecule has 0 atom stereocenters. The maximum atomic E-state index is 12.8. The van der Waals surface area contributed by atoms with Gasteiger partial charge in [-0.1, -0.05) is 42.5 Å². The molecule has 2 aromatic heterocycles. The van der Waals surface area contributed by atoms with Crippen molar-refractivity contribution in [3.63, 3.8) is 0 Å². The molecule has 8 heteroatoms. The van der Waals surface area contributed by atoms with Gasteiger partial charge in [0.05, 0.1) is 17.0 Å². The van der Waals surface area contributed by atoms with Gasteiger partial charge in [0, 0.05) is 17.2 Å². The molecule has 0 saturated carbocycles. The first kappa shape index (κ1) is 17.7. The van der Waals surface area contributed by atoms with Crippen LogP contribution < -0.4 is 0 Å². The highest BCUT2D eigenvalue weighted by Crippen LogP contribution is 2.32. The first-order chi connectivity index (χ1) is 13.3. The molecule has 0 unspecified atom stereocenters. The Kier molecular flexibility index (Phi) is 4.11. The minimum Gasteiger partial charge on any atom is -0.476 e. The topological polar surface area (TPSA) is 67.5 Å². The molecule has 0 fully saturated rings. The fraction of sp³-hybridized carbons (Fsp3) is 0.0500. The van der Waals surface area contributed by atoms with Crippen LogP contribution in [-0.2, 0) is 6.18 Å². The highest BCUT2D eigenvalue weighted by atomic mass is 19.4. The van der Waals surface area contributed by atoms with Gasteiger partial charge < -0.3 is 5.11 Å². The molecule has 0 aliphatic heterocycles. The highest BCUT2D eigenvalue weighted by molar-refractivity contribution is 5.87. The molecule has 0 amide bonds. The molecule has 1 N–H and O–H groups in total. The lowest BCUT2D eigenvalue weighted by Crippen LogP contribution is -2.04. The molecule has 140 valence electrons. The number of benzene rings is 2. The molecule has 0 saturated heterocycles. The number of hydrogen-bond donors (Lipinski definition) is 1. The quantitative estimate of drug-likeness (QED) is 0.553. The van der Waals surface area contributed by atoms with Crippen LogP contribution in [0.2, 0.25) is 0 Å². The number of halogens is 3. The van der Waals surface area contributed by atoms with Crippen molar-refractivity contribution in [2.75, 3.05) is 0 Å². The molecule has 0 aliphatic rings. The minimum atomic E-state index is -4.42. The Labute approximate surface area is 156 Å². The smallest absolute Gasteiger partial charge is 0.416 e. The Morgan fingerprint density at radius 2 is 1.61 bits per heavy atom. The second-order valence-electron chi connectivity index (χ2n) is 6.07. The number of carboxylic acids is 1. The van der Waals surface area contributed by atoms with Crippen LogP contribution in [0.15, 0.2) is 66.7 Å². The van der Waals surface area contributed by atoms with E-state index >= 15 is 0 Å². The summed E-state index contributed by atoms with van der Waals surface area (Å²) in [5, 5.41) is 13.3. The molecule has 0 aliphatic carbocycles. The summed E-state index contributed by atoms with van der Waals surface area (Å²) in [6.07, 6.45) is -4.42. The van der Waals surface area contributed by atoms with Gasteiger partial charge in [-0.25, -0.2) is 14.3 Å². The number of carboxylic acid groups (broad SMARTS) is 1. The Hall–Kier alpha value is -3.68. The normalized spacial score (nSPS) is 11.7. The van der Waals surface area contributed by atoms with E-state index in [2.05, 4.69) is 10.1 Å². The van der Waals surface area contributed by atoms with E-state index < -0.39 is 17.7 Å². The van der Waals surface area contributed by atoms with Crippen LogP contribution in [-0.4, -0.2) is 25.7 Å². The number of alkyl halides is 3. The Morgan fingerprint density at radius 3 is 2.21 bits per heavy atom. The summed E-state index contributed by atoms with van der Waals surface area (Å²) in [6.45, 7) is 0. The summed E-state index contributed by atoms with van der Waals surface area (Å²) in [5.74, 6) is -1.19. The summed E-state index contributed by atoms with van der Waals surface area (Å²) in [7, 11) is 0. The molecule has 0 bridgehead atoms. The van der Waals surface area contributed by atoms with Crippen molar-refractivity contribution in [1.82, 2.24) is 14.6 Å². The van der Waals surface area contributed by atoms with Crippen LogP contribution in [0.1, 0.15) is 16.1 Å². The number of aromatic nitrogens is 3. The van der Waals surface area contributed by atoms with Gasteiger partial charge >= 0.3 is 12.1 Å². The first-order valence-corrected chi connectivity index (χ1v) is 8.20. The fourth-order valence-corrected chi connectivity index (χ4v) is 2.87. The van der Waals surface area contributed by atoms with Crippen LogP contribution in [0, 0.1) is 0 Å². The average Bonchev–Trinajstić information content (AvgIpc) is 3.12. The molecular weight excluding hydrogens is 371 g/mol. The van der Waals surface area contributed by atoms with Crippen LogP contribution in [0.25, 0.3) is 28.2 Å². The van der Waals surface area contributed by atoms with Crippen LogP contribution >= 0.6 is 0 Å². The van der Waals surface area contributed by atoms with E-state index in [9.17, 15) is 23.1 Å². The van der Waals surface area contributed by atoms with E-state index in [4.69, 9.17) is 0 Å². The van der Waals surface area contributed by atoms with Gasteiger partial charge in [-0.05, 0) is 18.2 Å². The highest BCUT2D eigenvalue weighted by Gasteiger charge is 2.30. The van der Waals surface area contributed by atoms with Gasteiger partial charge in [0.25, 0.3) is 0 Å². The van der Waals surface area contributed by atoms with Crippen molar-refractivity contribution < 1.29 is 23.1 Å². The first-order valence-electron chi connectivity index (χ1n) is 8.20. The second-order valence-corrected chi connectivity index (χ2v) is 6.07. The average molecular weight is 383 g/mol. The van der Waals surface area contributed by atoms with Crippen molar-refractivity contribution >= 4 is 11.6 Å². The van der Waals surface area contributed by atoms with Crippen molar-refractivity contribution in [2.24, 2.45) is 0 Å². The molecule has 0 radical (unpaired) electrons. The van der Waals surface area contributed by atoms with Gasteiger partial charge in [0.1, 0.15) is 0 Å². The van der Waals surface area contributed by atoms with E-state index in [1.54, 1.807) is 6.07 Å². The minimum absolute atomic E-state index is 0.172. The lowest BCUT2D eigenvalue weighted by molar-refractivity contribution is -0.137. The number of carbonyl (C=O) groups is 1. The molecule has 28 heavy (non-hydrogen) atoms. The molecule has 2 heterocycles. The lowest BCUT2D eigenvalue weighted by atomic mass is 10.1. The van der Waals surface area contributed by atoms with Gasteiger partial charge in [-0.3, -0.25) is 0 Å². The predicted octanol–water partition coefficient (Wildman–Crippen LogP) is 4.78. The summed E-state index contributed by atoms with van der Waals surface area (Å²) in [6, 6.07) is 16.8. The lowest BCUT2D eigenvalue weighted by Gasteiger charge is -2.10. The number of aromatic carboxylic acids is 1. The van der Waals surface area contributed by atoms with E-state index in [-0.39, 0.29) is 11.3 Å². The van der Waals surface area contributed by atoms with E-state index in [0.29, 0.717) is 17.0 Å². The van der Waals surface area contributed by atoms with Crippen molar-refractivity contribution in [2.45, 2.75) is 6.18 Å². The zero-order chi connectivity index (χ0) is 19.9. The Balaban J connectivity index is 1.91. The molecular formula is C20H12F3N3O2. The van der Waals surface area contributed by atoms with Crippen molar-refractivity contribution in [3.8, 4) is 22.5 Å². The summed E-state index contributed by atoms with van der Waals surface area (Å²) < 4.78 is 39.8. The number of hydrogen-bond acceptors (Lipinski definition) is 3. The van der Waals surface area contributed by atoms with Crippen LogP contribution in [0.4, 0.5) is 13.2 Å². The second kappa shape index (κ2) is 6.49. The standard InChI is InChI=1S/C20H12F3N3O2/c21-20(22,23)14-8-6-12(7-9-14)15-10-17(13-4-2-1-3-5-13)26-18(24-15)11-16(25-26)19(27)28/h1-11H,(H,27,28). The van der Waals surface area contributed by atoms with Gasteiger partial charge in [0.2, 0.25) is 0 Å². The SMILES string of the molecule is O=C(O)c1cc2nc(-c3ccc(C(F)(F)F)cc3)cc(-c3ccccc3)n2n1. The zero-order valence-electron chi connectivity index (χ0n) is 14.2. The molecule has 4 rings (SSSR count). The number of rotatable bonds is 3. The largest absolute Gasteiger partial charge is 0.476 e. The Morgan fingerprint density at radius 1 is 0.929 bits per heavy atom. The van der Waals surface area contributed by atoms with E-state index in [0.717, 1.165) is 17.7 Å². The zero-order valence-corrected chi connectivity index (χ0v) is 14.2. The third-order valence-corrected chi connectivity index (χ3v) is 4.22. The summed E-state index contributed by atoms with van der Waals surface area (Å²) in [5.41, 5.74) is 1.60. The third-order valence-electron chi connectivity index (χ3n) is 4.22. The van der Waals surface area contributed by atoms with Crippen molar-refractivity contribution in [3.05, 3.63) is 78.0 Å². The maximum absolute atomic E-state index is 12.8. The van der Waals surface area contributed by atoms with Crippen molar-refractivity contribution in [1.29, 1.82) is 0 Å². The monoisotopic (exact) mass is 383 g/mol. The van der Waals surface area contributed by atoms with Gasteiger partial charge in [0.15, 0.2) is 11.3 Å². The molecule has 5 nitrogen and oxygen atoms in total. The molecule has 4 aromatic rings. The van der Waals surface area contributed by atoms with E-state index in [1.165, 1.54) is 22.7 Å². The maximum Gasteiger partial charge on any atom is 0.416 e. The third kappa shape index (κ3) is 3.20. The van der Waals surface area contributed by atoms with Crippen LogP contribution in [0.5, 0.6) is 0 Å². The van der Waals surface area contributed by atoms with Gasteiger partial charge in [-0.2, -0.15) is 18.3 Å². The van der Waals surface area contributed by atoms with E-state index in [1.807, 2.05) is 30.3 Å². The molecule has 0 spiro atoms. The van der Waals surface area contributed by atoms with Crippen LogP contribution in [0.3, 0.4) is 0 Å². The fourth-order valence-electron chi connectivity index (χ4n) is 2.87. The number of fused-ring (bicyclic) bond motifs is 1. The number of nitrogens with zero attached hydrogens (tertiary/aromatic N) is 3. The summed E-state index contributed by atoms with van der Waals surface area (Å²) >= 11 is 0. The Bertz CT molecular complexity index is 1170.